The summed E-state index contributed by atoms with van der Waals surface area (Å²) in [5, 5.41) is 0. The zero-order chi connectivity index (χ0) is 18.7. The zero-order valence-electron chi connectivity index (χ0n) is 15.9. The lowest BCUT2D eigenvalue weighted by Gasteiger charge is -2.47. The molecule has 0 unspecified atom stereocenters. The number of para-hydroxylation sites is 1. The average molecular weight is 360 g/mol. The molecule has 2 aliphatic heterocycles. The van der Waals surface area contributed by atoms with E-state index in [1.54, 1.807) is 19.0 Å². The molecule has 142 valence electrons. The van der Waals surface area contributed by atoms with Crippen LogP contribution in [0, 0.1) is 0 Å². The van der Waals surface area contributed by atoms with Gasteiger partial charge in [-0.05, 0) is 18.1 Å². The van der Waals surface area contributed by atoms with Gasteiger partial charge < -0.3 is 19.3 Å². The number of fused-ring (bicyclic) bond motifs is 1. The molecular formula is C20H28N2O4. The second-order valence-electron chi connectivity index (χ2n) is 7.53. The Balaban J connectivity index is 1.76. The van der Waals surface area contributed by atoms with E-state index in [0.717, 1.165) is 30.6 Å². The molecule has 0 N–H and O–H groups in total. The van der Waals surface area contributed by atoms with E-state index in [0.29, 0.717) is 19.5 Å². The third-order valence-electron chi connectivity index (χ3n) is 5.52. The van der Waals surface area contributed by atoms with Gasteiger partial charge in [0.1, 0.15) is 18.0 Å². The molecule has 2 heterocycles. The van der Waals surface area contributed by atoms with Crippen LogP contribution in [-0.2, 0) is 14.3 Å². The van der Waals surface area contributed by atoms with Crippen molar-refractivity contribution >= 4 is 11.8 Å². The highest BCUT2D eigenvalue weighted by Gasteiger charge is 2.44. The van der Waals surface area contributed by atoms with Crippen LogP contribution in [0.25, 0.3) is 0 Å². The Morgan fingerprint density at radius 1 is 1.27 bits per heavy atom. The van der Waals surface area contributed by atoms with Crippen molar-refractivity contribution in [3.63, 3.8) is 0 Å². The molecule has 0 bridgehead atoms. The monoisotopic (exact) mass is 360 g/mol. The van der Waals surface area contributed by atoms with E-state index in [-0.39, 0.29) is 29.9 Å². The first kappa shape index (κ1) is 18.7. The van der Waals surface area contributed by atoms with Gasteiger partial charge in [-0.15, -0.1) is 0 Å². The number of hydrogen-bond donors (Lipinski definition) is 0. The molecule has 6 nitrogen and oxygen atoms in total. The van der Waals surface area contributed by atoms with E-state index in [9.17, 15) is 9.59 Å². The summed E-state index contributed by atoms with van der Waals surface area (Å²) >= 11 is 0. The Kier molecular flexibility index (Phi) is 5.51. The molecule has 1 saturated heterocycles. The first-order valence-electron chi connectivity index (χ1n) is 9.19. The minimum absolute atomic E-state index is 0.0258. The molecule has 1 aromatic rings. The summed E-state index contributed by atoms with van der Waals surface area (Å²) in [5.41, 5.74) is 0.821. The number of likely N-dealkylation sites (tertiary alicyclic amines) is 1. The molecule has 0 aliphatic carbocycles. The quantitative estimate of drug-likeness (QED) is 0.824. The second-order valence-corrected chi connectivity index (χ2v) is 7.53. The number of benzene rings is 1. The predicted octanol–water partition coefficient (Wildman–Crippen LogP) is 2.04. The first-order chi connectivity index (χ1) is 12.4. The number of piperidine rings is 1. The predicted molar refractivity (Wildman–Crippen MR) is 98.2 cm³/mol. The van der Waals surface area contributed by atoms with Gasteiger partial charge in [0.15, 0.2) is 0 Å². The van der Waals surface area contributed by atoms with E-state index < -0.39 is 0 Å². The van der Waals surface area contributed by atoms with Crippen molar-refractivity contribution < 1.29 is 19.1 Å². The summed E-state index contributed by atoms with van der Waals surface area (Å²) in [7, 11) is 5.13. The van der Waals surface area contributed by atoms with Crippen molar-refractivity contribution in [2.75, 3.05) is 40.9 Å². The van der Waals surface area contributed by atoms with Crippen LogP contribution in [0.3, 0.4) is 0 Å². The fraction of sp³-hybridized carbons (Fsp3) is 0.600. The fourth-order valence-electron chi connectivity index (χ4n) is 4.00. The average Bonchev–Trinajstić information content (AvgIpc) is 2.62. The molecule has 3 rings (SSSR count). The highest BCUT2D eigenvalue weighted by Crippen LogP contribution is 2.46. The standard InChI is InChI=1S/C20H28N2O4/c1-21(2)18(23)12-15-13-20(26-17-7-5-4-6-16(15)17)8-10-22(11-9-20)19(24)14-25-3/h4-7,15H,8-14H2,1-3H3/t15-/m0/s1. The molecule has 26 heavy (non-hydrogen) atoms. The van der Waals surface area contributed by atoms with Gasteiger partial charge in [-0.25, -0.2) is 0 Å². The number of hydrogen-bond acceptors (Lipinski definition) is 4. The zero-order valence-corrected chi connectivity index (χ0v) is 15.9. The smallest absolute Gasteiger partial charge is 0.248 e. The van der Waals surface area contributed by atoms with Crippen LogP contribution in [0.2, 0.25) is 0 Å². The summed E-state index contributed by atoms with van der Waals surface area (Å²) in [6.45, 7) is 1.45. The van der Waals surface area contributed by atoms with E-state index in [1.165, 1.54) is 7.11 Å². The van der Waals surface area contributed by atoms with Crippen LogP contribution in [0.4, 0.5) is 0 Å². The van der Waals surface area contributed by atoms with Crippen molar-refractivity contribution in [3.8, 4) is 5.75 Å². The van der Waals surface area contributed by atoms with Crippen molar-refractivity contribution in [2.24, 2.45) is 0 Å². The molecule has 0 aromatic heterocycles. The Labute approximate surface area is 155 Å². The van der Waals surface area contributed by atoms with Crippen molar-refractivity contribution in [1.82, 2.24) is 9.80 Å². The number of carbonyl (C=O) groups is 2. The Bertz CT molecular complexity index is 666. The fourth-order valence-corrected chi connectivity index (χ4v) is 4.00. The topological polar surface area (TPSA) is 59.1 Å². The molecule has 6 heteroatoms. The number of methoxy groups -OCH3 is 1. The molecule has 0 saturated carbocycles. The minimum atomic E-state index is -0.296. The number of rotatable bonds is 4. The molecule has 0 radical (unpaired) electrons. The molecule has 1 spiro atoms. The minimum Gasteiger partial charge on any atom is -0.487 e. The third-order valence-corrected chi connectivity index (χ3v) is 5.52. The number of carbonyl (C=O) groups excluding carboxylic acids is 2. The maximum Gasteiger partial charge on any atom is 0.248 e. The molecular weight excluding hydrogens is 332 g/mol. The SMILES string of the molecule is COCC(=O)N1CCC2(CC1)C[C@H](CC(=O)N(C)C)c1ccccc1O2. The summed E-state index contributed by atoms with van der Waals surface area (Å²) < 4.78 is 11.4. The number of amides is 2. The molecule has 1 fully saturated rings. The third kappa shape index (κ3) is 3.85. The number of ether oxygens (including phenoxy) is 2. The van der Waals surface area contributed by atoms with Gasteiger partial charge in [-0.3, -0.25) is 9.59 Å². The Morgan fingerprint density at radius 3 is 2.62 bits per heavy atom. The maximum atomic E-state index is 12.3. The van der Waals surface area contributed by atoms with Crippen LogP contribution < -0.4 is 4.74 Å². The van der Waals surface area contributed by atoms with E-state index in [4.69, 9.17) is 9.47 Å². The summed E-state index contributed by atoms with van der Waals surface area (Å²) in [6.07, 6.45) is 2.87. The second kappa shape index (κ2) is 7.66. The Hall–Kier alpha value is -2.08. The maximum absolute atomic E-state index is 12.3. The summed E-state index contributed by atoms with van der Waals surface area (Å²) in [6, 6.07) is 8.03. The highest BCUT2D eigenvalue weighted by atomic mass is 16.5. The normalized spacial score (nSPS) is 21.0. The van der Waals surface area contributed by atoms with E-state index in [2.05, 4.69) is 6.07 Å². The number of nitrogens with zero attached hydrogens (tertiary/aromatic N) is 2. The van der Waals surface area contributed by atoms with Gasteiger partial charge in [-0.2, -0.15) is 0 Å². The summed E-state index contributed by atoms with van der Waals surface area (Å²) in [5.74, 6) is 1.19. The molecule has 1 atom stereocenters. The van der Waals surface area contributed by atoms with Crippen LogP contribution in [0.15, 0.2) is 24.3 Å². The van der Waals surface area contributed by atoms with Gasteiger partial charge >= 0.3 is 0 Å². The lowest BCUT2D eigenvalue weighted by atomic mass is 9.76. The highest BCUT2D eigenvalue weighted by molar-refractivity contribution is 5.78. The van der Waals surface area contributed by atoms with Gasteiger partial charge in [0, 0.05) is 59.5 Å². The Morgan fingerprint density at radius 2 is 1.96 bits per heavy atom. The largest absolute Gasteiger partial charge is 0.487 e. The molecule has 2 aliphatic rings. The molecule has 2 amide bonds. The van der Waals surface area contributed by atoms with E-state index >= 15 is 0 Å². The summed E-state index contributed by atoms with van der Waals surface area (Å²) in [4.78, 5) is 27.9. The van der Waals surface area contributed by atoms with E-state index in [1.807, 2.05) is 23.1 Å². The van der Waals surface area contributed by atoms with Crippen molar-refractivity contribution in [3.05, 3.63) is 29.8 Å². The molecule has 1 aromatic carbocycles. The van der Waals surface area contributed by atoms with Crippen LogP contribution >= 0.6 is 0 Å². The first-order valence-corrected chi connectivity index (χ1v) is 9.19. The van der Waals surface area contributed by atoms with Crippen LogP contribution in [-0.4, -0.2) is 68.1 Å². The van der Waals surface area contributed by atoms with Crippen molar-refractivity contribution in [2.45, 2.75) is 37.2 Å². The van der Waals surface area contributed by atoms with Gasteiger partial charge in [0.2, 0.25) is 11.8 Å². The van der Waals surface area contributed by atoms with Gasteiger partial charge in [0.25, 0.3) is 0 Å². The lowest BCUT2D eigenvalue weighted by molar-refractivity contribution is -0.139. The van der Waals surface area contributed by atoms with Crippen LogP contribution in [0.5, 0.6) is 5.75 Å². The van der Waals surface area contributed by atoms with Crippen LogP contribution in [0.1, 0.15) is 37.2 Å². The van der Waals surface area contributed by atoms with Crippen molar-refractivity contribution in [1.29, 1.82) is 0 Å². The van der Waals surface area contributed by atoms with Gasteiger partial charge in [0.05, 0.1) is 0 Å². The lowest BCUT2D eigenvalue weighted by Crippen LogP contribution is -2.52. The van der Waals surface area contributed by atoms with Gasteiger partial charge in [-0.1, -0.05) is 18.2 Å².